The van der Waals surface area contributed by atoms with Gasteiger partial charge in [0.2, 0.25) is 5.91 Å². The highest BCUT2D eigenvalue weighted by Crippen LogP contribution is 2.00. The maximum atomic E-state index is 11.5. The fraction of sp³-hybridized carbons (Fsp3) is 0.875. The number of carbonyl (C=O) groups is 1. The Morgan fingerprint density at radius 1 is 1.58 bits per heavy atom. The van der Waals surface area contributed by atoms with Gasteiger partial charge in [-0.1, -0.05) is 0 Å². The molecule has 1 aliphatic heterocycles. The van der Waals surface area contributed by atoms with Gasteiger partial charge in [0, 0.05) is 40.3 Å². The van der Waals surface area contributed by atoms with Gasteiger partial charge in [-0.15, -0.1) is 0 Å². The number of amides is 1. The molecule has 1 N–H and O–H groups in total. The predicted octanol–water partition coefficient (Wildman–Crippen LogP) is -1.10. The second-order valence-corrected chi connectivity index (χ2v) is 3.26. The van der Waals surface area contributed by atoms with Gasteiger partial charge in [-0.05, 0) is 0 Å². The monoisotopic (exact) mass is 170 g/mol. The summed E-state index contributed by atoms with van der Waals surface area (Å²) in [5.74, 6) is 0.218. The standard InChI is InChI=1S/C8H16N3O/c1-11(2)8(12)7-5-9-3-4-10-6-7/h7,9H,3-6H2,1-2H3. The first-order valence-electron chi connectivity index (χ1n) is 4.27. The van der Waals surface area contributed by atoms with Gasteiger partial charge < -0.3 is 10.2 Å². The van der Waals surface area contributed by atoms with E-state index in [2.05, 4.69) is 10.6 Å². The Kier molecular flexibility index (Phi) is 3.49. The molecule has 69 valence electrons. The van der Waals surface area contributed by atoms with Crippen LogP contribution in [0, 0.1) is 5.92 Å². The van der Waals surface area contributed by atoms with E-state index in [9.17, 15) is 4.79 Å². The van der Waals surface area contributed by atoms with Crippen LogP contribution >= 0.6 is 0 Å². The van der Waals surface area contributed by atoms with Crippen LogP contribution in [0.4, 0.5) is 0 Å². The van der Waals surface area contributed by atoms with Crippen molar-refractivity contribution in [3.8, 4) is 0 Å². The lowest BCUT2D eigenvalue weighted by molar-refractivity contribution is -0.132. The number of nitrogens with zero attached hydrogens (tertiary/aromatic N) is 2. The van der Waals surface area contributed by atoms with Gasteiger partial charge in [-0.2, -0.15) is 0 Å². The molecule has 12 heavy (non-hydrogen) atoms. The van der Waals surface area contributed by atoms with Crippen molar-refractivity contribution in [3.63, 3.8) is 0 Å². The topological polar surface area (TPSA) is 46.4 Å². The molecule has 1 amide bonds. The van der Waals surface area contributed by atoms with E-state index in [4.69, 9.17) is 0 Å². The molecule has 1 atom stereocenters. The molecule has 1 saturated heterocycles. The Morgan fingerprint density at radius 2 is 2.33 bits per heavy atom. The van der Waals surface area contributed by atoms with Crippen LogP contribution in [-0.4, -0.2) is 51.1 Å². The number of carbonyl (C=O) groups excluding carboxylic acids is 1. The number of hydrogen-bond donors (Lipinski definition) is 1. The third-order valence-corrected chi connectivity index (χ3v) is 1.98. The molecule has 1 aliphatic rings. The third-order valence-electron chi connectivity index (χ3n) is 1.98. The fourth-order valence-electron chi connectivity index (χ4n) is 1.28. The average Bonchev–Trinajstić information content (AvgIpc) is 2.30. The Bertz CT molecular complexity index is 150. The molecule has 1 unspecified atom stereocenters. The highest BCUT2D eigenvalue weighted by atomic mass is 16.2. The summed E-state index contributed by atoms with van der Waals surface area (Å²) < 4.78 is 0. The lowest BCUT2D eigenvalue weighted by Gasteiger charge is -2.17. The van der Waals surface area contributed by atoms with Gasteiger partial charge >= 0.3 is 0 Å². The largest absolute Gasteiger partial charge is 0.348 e. The lowest BCUT2D eigenvalue weighted by atomic mass is 10.1. The van der Waals surface area contributed by atoms with Gasteiger partial charge in [-0.25, -0.2) is 5.32 Å². The third kappa shape index (κ3) is 2.46. The molecular weight excluding hydrogens is 154 g/mol. The van der Waals surface area contributed by atoms with Gasteiger partial charge in [0.25, 0.3) is 0 Å². The van der Waals surface area contributed by atoms with Crippen LogP contribution in [0.2, 0.25) is 0 Å². The summed E-state index contributed by atoms with van der Waals surface area (Å²) in [5, 5.41) is 7.44. The number of nitrogens with one attached hydrogen (secondary N) is 1. The normalized spacial score (nSPS) is 20.2. The number of rotatable bonds is 1. The van der Waals surface area contributed by atoms with Gasteiger partial charge in [0.15, 0.2) is 0 Å². The summed E-state index contributed by atoms with van der Waals surface area (Å²) in [4.78, 5) is 13.1. The highest BCUT2D eigenvalue weighted by molar-refractivity contribution is 5.78. The van der Waals surface area contributed by atoms with E-state index in [1.54, 1.807) is 19.0 Å². The molecular formula is C8H16N3O. The van der Waals surface area contributed by atoms with E-state index in [1.807, 2.05) is 0 Å². The highest BCUT2D eigenvalue weighted by Gasteiger charge is 2.21. The zero-order valence-electron chi connectivity index (χ0n) is 7.71. The Hall–Kier alpha value is -0.610. The first-order chi connectivity index (χ1) is 5.72. The first kappa shape index (κ1) is 9.48. The molecule has 0 aromatic rings. The molecule has 0 aromatic carbocycles. The minimum absolute atomic E-state index is 0.0440. The van der Waals surface area contributed by atoms with Crippen molar-refractivity contribution in [2.45, 2.75) is 0 Å². The quantitative estimate of drug-likeness (QED) is 0.543. The second kappa shape index (κ2) is 4.42. The van der Waals surface area contributed by atoms with Crippen molar-refractivity contribution >= 4 is 5.91 Å². The van der Waals surface area contributed by atoms with E-state index >= 15 is 0 Å². The molecule has 0 aliphatic carbocycles. The Balaban J connectivity index is 2.43. The summed E-state index contributed by atoms with van der Waals surface area (Å²) in [7, 11) is 3.57. The van der Waals surface area contributed by atoms with Gasteiger partial charge in [0.1, 0.15) is 0 Å². The van der Waals surface area contributed by atoms with E-state index in [0.717, 1.165) is 19.6 Å². The zero-order chi connectivity index (χ0) is 8.97. The van der Waals surface area contributed by atoms with Crippen LogP contribution in [0.5, 0.6) is 0 Å². The molecule has 0 aromatic heterocycles. The SMILES string of the molecule is CN(C)C(=O)C1C[N]CCNC1. The second-order valence-electron chi connectivity index (χ2n) is 3.26. The summed E-state index contributed by atoms with van der Waals surface area (Å²) in [6, 6.07) is 0. The fourth-order valence-corrected chi connectivity index (χ4v) is 1.28. The van der Waals surface area contributed by atoms with Gasteiger partial charge in [-0.3, -0.25) is 4.79 Å². The van der Waals surface area contributed by atoms with Crippen LogP contribution in [0.15, 0.2) is 0 Å². The molecule has 4 nitrogen and oxygen atoms in total. The maximum Gasteiger partial charge on any atom is 0.227 e. The van der Waals surface area contributed by atoms with Crippen LogP contribution in [0.1, 0.15) is 0 Å². The Morgan fingerprint density at radius 3 is 3.00 bits per heavy atom. The minimum Gasteiger partial charge on any atom is -0.348 e. The van der Waals surface area contributed by atoms with Crippen molar-refractivity contribution < 1.29 is 4.79 Å². The lowest BCUT2D eigenvalue weighted by Crippen LogP contribution is -2.37. The molecule has 1 heterocycles. The van der Waals surface area contributed by atoms with Crippen LogP contribution < -0.4 is 10.6 Å². The molecule has 4 heteroatoms. The van der Waals surface area contributed by atoms with E-state index < -0.39 is 0 Å². The minimum atomic E-state index is 0.0440. The van der Waals surface area contributed by atoms with Crippen molar-refractivity contribution in [2.24, 2.45) is 5.92 Å². The van der Waals surface area contributed by atoms with Crippen LogP contribution in [-0.2, 0) is 4.79 Å². The van der Waals surface area contributed by atoms with E-state index in [1.165, 1.54) is 0 Å². The molecule has 0 saturated carbocycles. The maximum absolute atomic E-state index is 11.5. The molecule has 0 bridgehead atoms. The van der Waals surface area contributed by atoms with Crippen LogP contribution in [0.25, 0.3) is 0 Å². The zero-order valence-corrected chi connectivity index (χ0v) is 7.71. The summed E-state index contributed by atoms with van der Waals surface area (Å²) in [6.45, 7) is 3.17. The average molecular weight is 170 g/mol. The van der Waals surface area contributed by atoms with E-state index in [0.29, 0.717) is 6.54 Å². The summed E-state index contributed by atoms with van der Waals surface area (Å²) in [5.41, 5.74) is 0. The summed E-state index contributed by atoms with van der Waals surface area (Å²) >= 11 is 0. The molecule has 1 rings (SSSR count). The number of hydrogen-bond acceptors (Lipinski definition) is 2. The smallest absolute Gasteiger partial charge is 0.227 e. The van der Waals surface area contributed by atoms with Crippen molar-refractivity contribution in [2.75, 3.05) is 40.3 Å². The molecule has 1 radical (unpaired) electrons. The Labute approximate surface area is 73.3 Å². The van der Waals surface area contributed by atoms with Crippen molar-refractivity contribution in [3.05, 3.63) is 0 Å². The van der Waals surface area contributed by atoms with Crippen LogP contribution in [0.3, 0.4) is 0 Å². The molecule has 0 spiro atoms. The van der Waals surface area contributed by atoms with Crippen molar-refractivity contribution in [1.82, 2.24) is 15.5 Å². The first-order valence-corrected chi connectivity index (χ1v) is 4.27. The predicted molar refractivity (Wildman–Crippen MR) is 46.9 cm³/mol. The molecule has 1 fully saturated rings. The van der Waals surface area contributed by atoms with Gasteiger partial charge in [0.05, 0.1) is 5.92 Å². The van der Waals surface area contributed by atoms with Crippen molar-refractivity contribution in [1.29, 1.82) is 0 Å². The summed E-state index contributed by atoms with van der Waals surface area (Å²) in [6.07, 6.45) is 0. The van der Waals surface area contributed by atoms with E-state index in [-0.39, 0.29) is 11.8 Å².